The monoisotopic (exact) mass is 282 g/mol. The van der Waals surface area contributed by atoms with Gasteiger partial charge in [0.05, 0.1) is 18.5 Å². The lowest BCUT2D eigenvalue weighted by molar-refractivity contribution is -0.114. The summed E-state index contributed by atoms with van der Waals surface area (Å²) in [6, 6.07) is 7.45. The van der Waals surface area contributed by atoms with Crippen molar-refractivity contribution in [1.29, 1.82) is 0 Å². The number of hydrazone groups is 1. The number of benzene rings is 1. The van der Waals surface area contributed by atoms with Crippen molar-refractivity contribution in [2.75, 3.05) is 7.11 Å². The third-order valence-electron chi connectivity index (χ3n) is 3.31. The lowest BCUT2D eigenvalue weighted by atomic mass is 10.1. The number of nitrogens with zero attached hydrogens (tertiary/aromatic N) is 4. The summed E-state index contributed by atoms with van der Waals surface area (Å²) in [5.41, 5.74) is 2.68. The molecule has 2 aliphatic rings. The molecule has 21 heavy (non-hydrogen) atoms. The lowest BCUT2D eigenvalue weighted by Gasteiger charge is -2.18. The molecular formula is C15H14N4O2. The Balaban J connectivity index is 2.05. The Morgan fingerprint density at radius 1 is 1.14 bits per heavy atom. The highest BCUT2D eigenvalue weighted by molar-refractivity contribution is 6.43. The normalized spacial score (nSPS) is 19.2. The number of rotatable bonds is 2. The summed E-state index contributed by atoms with van der Waals surface area (Å²) in [5.74, 6) is 0.638. The summed E-state index contributed by atoms with van der Waals surface area (Å²) >= 11 is 0. The van der Waals surface area contributed by atoms with Crippen molar-refractivity contribution in [3.63, 3.8) is 0 Å². The van der Waals surface area contributed by atoms with Crippen LogP contribution in [0.2, 0.25) is 0 Å². The van der Waals surface area contributed by atoms with Gasteiger partial charge in [-0.05, 0) is 26.0 Å². The second-order valence-electron chi connectivity index (χ2n) is 4.68. The van der Waals surface area contributed by atoms with Crippen molar-refractivity contribution in [3.8, 4) is 5.75 Å². The summed E-state index contributed by atoms with van der Waals surface area (Å²) < 4.78 is 5.29. The molecule has 2 aliphatic heterocycles. The molecule has 2 heterocycles. The molecule has 3 rings (SSSR count). The predicted molar refractivity (Wildman–Crippen MR) is 81.5 cm³/mol. The van der Waals surface area contributed by atoms with E-state index < -0.39 is 0 Å². The Hall–Kier alpha value is -2.76. The molecule has 1 aromatic carbocycles. The Bertz CT molecular complexity index is 744. The van der Waals surface area contributed by atoms with Gasteiger partial charge >= 0.3 is 0 Å². The average Bonchev–Trinajstić information content (AvgIpc) is 2.76. The molecule has 0 radical (unpaired) electrons. The van der Waals surface area contributed by atoms with E-state index >= 15 is 0 Å². The van der Waals surface area contributed by atoms with Gasteiger partial charge in [0, 0.05) is 5.56 Å². The molecule has 6 nitrogen and oxygen atoms in total. The maximum Gasteiger partial charge on any atom is 0.299 e. The number of carbonyl (C=O) groups excluding carboxylic acids is 1. The fourth-order valence-electron chi connectivity index (χ4n) is 2.07. The molecule has 0 bridgehead atoms. The van der Waals surface area contributed by atoms with Crippen LogP contribution in [0.5, 0.6) is 5.75 Å². The maximum atomic E-state index is 12.1. The number of fused-ring (bicyclic) bond motifs is 1. The van der Waals surface area contributed by atoms with E-state index in [2.05, 4.69) is 15.1 Å². The number of carbonyl (C=O) groups is 1. The molecule has 6 heteroatoms. The Morgan fingerprint density at radius 3 is 2.67 bits per heavy atom. The first-order valence-corrected chi connectivity index (χ1v) is 6.49. The van der Waals surface area contributed by atoms with Gasteiger partial charge in [-0.1, -0.05) is 18.2 Å². The van der Waals surface area contributed by atoms with Crippen LogP contribution >= 0.6 is 0 Å². The van der Waals surface area contributed by atoms with Crippen LogP contribution < -0.4 is 4.74 Å². The SMILES string of the molecule is COc1ccccc1C=C1C(=O)N=C2N=C(C)C(C)=NN12. The highest BCUT2D eigenvalue weighted by atomic mass is 16.5. The minimum Gasteiger partial charge on any atom is -0.496 e. The first kappa shape index (κ1) is 13.2. The van der Waals surface area contributed by atoms with E-state index in [4.69, 9.17) is 4.74 Å². The molecule has 0 atom stereocenters. The van der Waals surface area contributed by atoms with E-state index in [1.807, 2.05) is 38.1 Å². The summed E-state index contributed by atoms with van der Waals surface area (Å²) in [7, 11) is 1.59. The molecule has 1 aromatic rings. The third-order valence-corrected chi connectivity index (χ3v) is 3.31. The van der Waals surface area contributed by atoms with E-state index in [1.165, 1.54) is 5.01 Å². The van der Waals surface area contributed by atoms with Gasteiger partial charge in [0.1, 0.15) is 11.4 Å². The predicted octanol–water partition coefficient (Wildman–Crippen LogP) is 2.08. The molecule has 0 unspecified atom stereocenters. The Morgan fingerprint density at radius 2 is 1.90 bits per heavy atom. The molecule has 0 saturated heterocycles. The maximum absolute atomic E-state index is 12.1. The van der Waals surface area contributed by atoms with Crippen LogP contribution in [-0.2, 0) is 4.79 Å². The van der Waals surface area contributed by atoms with Crippen molar-refractivity contribution in [2.45, 2.75) is 13.8 Å². The Labute approximate surface area is 122 Å². The number of amides is 1. The number of guanidine groups is 1. The van der Waals surface area contributed by atoms with Crippen molar-refractivity contribution in [3.05, 3.63) is 35.5 Å². The van der Waals surface area contributed by atoms with Crippen LogP contribution in [-0.4, -0.2) is 35.4 Å². The van der Waals surface area contributed by atoms with Gasteiger partial charge in [0.15, 0.2) is 0 Å². The average molecular weight is 282 g/mol. The molecule has 0 N–H and O–H groups in total. The zero-order valence-electron chi connectivity index (χ0n) is 12.0. The second kappa shape index (κ2) is 4.97. The van der Waals surface area contributed by atoms with Gasteiger partial charge in [-0.2, -0.15) is 15.1 Å². The smallest absolute Gasteiger partial charge is 0.299 e. The van der Waals surface area contributed by atoms with Crippen LogP contribution in [0.15, 0.2) is 45.0 Å². The zero-order valence-corrected chi connectivity index (χ0v) is 12.0. The minimum absolute atomic E-state index is 0.309. The molecular weight excluding hydrogens is 268 g/mol. The van der Waals surface area contributed by atoms with Gasteiger partial charge in [0.2, 0.25) is 0 Å². The summed E-state index contributed by atoms with van der Waals surface area (Å²) in [6.45, 7) is 3.68. The van der Waals surface area contributed by atoms with Gasteiger partial charge in [-0.3, -0.25) is 4.79 Å². The van der Waals surface area contributed by atoms with Crippen LogP contribution in [0.1, 0.15) is 19.4 Å². The van der Waals surface area contributed by atoms with E-state index in [9.17, 15) is 4.79 Å². The molecule has 0 aromatic heterocycles. The van der Waals surface area contributed by atoms with Crippen molar-refractivity contribution in [2.24, 2.45) is 15.1 Å². The Kier molecular flexibility index (Phi) is 3.13. The van der Waals surface area contributed by atoms with Crippen molar-refractivity contribution < 1.29 is 9.53 Å². The number of aliphatic imine (C=N–C) groups is 2. The number of para-hydroxylation sites is 1. The van der Waals surface area contributed by atoms with E-state index in [1.54, 1.807) is 13.2 Å². The van der Waals surface area contributed by atoms with E-state index in [-0.39, 0.29) is 5.91 Å². The number of hydrogen-bond donors (Lipinski definition) is 0. The van der Waals surface area contributed by atoms with Gasteiger partial charge < -0.3 is 4.74 Å². The quantitative estimate of drug-likeness (QED) is 0.780. The number of ether oxygens (including phenoxy) is 1. The van der Waals surface area contributed by atoms with Crippen molar-refractivity contribution in [1.82, 2.24) is 5.01 Å². The zero-order chi connectivity index (χ0) is 15.0. The van der Waals surface area contributed by atoms with Crippen molar-refractivity contribution >= 4 is 29.4 Å². The second-order valence-corrected chi connectivity index (χ2v) is 4.68. The highest BCUT2D eigenvalue weighted by Gasteiger charge is 2.32. The fraction of sp³-hybridized carbons (Fsp3) is 0.200. The van der Waals surface area contributed by atoms with Gasteiger partial charge in [0.25, 0.3) is 11.9 Å². The fourth-order valence-corrected chi connectivity index (χ4v) is 2.07. The molecule has 0 aliphatic carbocycles. The molecule has 0 saturated carbocycles. The van der Waals surface area contributed by atoms with Gasteiger partial charge in [-0.25, -0.2) is 4.99 Å². The molecule has 0 spiro atoms. The molecule has 0 fully saturated rings. The highest BCUT2D eigenvalue weighted by Crippen LogP contribution is 2.26. The number of methoxy groups -OCH3 is 1. The first-order chi connectivity index (χ1) is 10.1. The summed E-state index contributed by atoms with van der Waals surface area (Å²) in [4.78, 5) is 20.3. The van der Waals surface area contributed by atoms with E-state index in [0.29, 0.717) is 17.4 Å². The lowest BCUT2D eigenvalue weighted by Crippen LogP contribution is -2.28. The van der Waals surface area contributed by atoms with Gasteiger partial charge in [-0.15, -0.1) is 0 Å². The first-order valence-electron chi connectivity index (χ1n) is 6.49. The minimum atomic E-state index is -0.356. The standard InChI is InChI=1S/C15H14N4O2/c1-9-10(2)18-19-12(14(20)17-15(19)16-9)8-11-6-4-5-7-13(11)21-3/h4-8H,1-3H3. The molecule has 1 amide bonds. The van der Waals surface area contributed by atoms with Crippen LogP contribution in [0.4, 0.5) is 0 Å². The van der Waals surface area contributed by atoms with Crippen LogP contribution in [0.25, 0.3) is 6.08 Å². The van der Waals surface area contributed by atoms with Crippen LogP contribution in [0, 0.1) is 0 Å². The largest absolute Gasteiger partial charge is 0.496 e. The topological polar surface area (TPSA) is 66.6 Å². The number of hydrogen-bond acceptors (Lipinski definition) is 5. The third kappa shape index (κ3) is 2.24. The van der Waals surface area contributed by atoms with Crippen LogP contribution in [0.3, 0.4) is 0 Å². The van der Waals surface area contributed by atoms with E-state index in [0.717, 1.165) is 17.0 Å². The summed E-state index contributed by atoms with van der Waals surface area (Å²) in [6.07, 6.45) is 1.71. The molecule has 106 valence electrons. The summed E-state index contributed by atoms with van der Waals surface area (Å²) in [5, 5.41) is 5.84.